The Morgan fingerprint density at radius 3 is 2.00 bits per heavy atom. The summed E-state index contributed by atoms with van der Waals surface area (Å²) in [6.45, 7) is 15.6. The highest BCUT2D eigenvalue weighted by atomic mass is 14.8. The maximum absolute atomic E-state index is 5.24. The number of fused-ring (bicyclic) bond motifs is 8. The van der Waals surface area contributed by atoms with Gasteiger partial charge in [-0.2, -0.15) is 0 Å². The first-order valence-corrected chi connectivity index (χ1v) is 13.0. The number of allylic oxidation sites excluding steroid dienone is 4. The van der Waals surface area contributed by atoms with Gasteiger partial charge < -0.3 is 9.97 Å². The predicted molar refractivity (Wildman–Crippen MR) is 148 cm³/mol. The van der Waals surface area contributed by atoms with E-state index in [2.05, 4.69) is 76.6 Å². The maximum Gasteiger partial charge on any atom is 0.0726 e. The quantitative estimate of drug-likeness (QED) is 0.405. The van der Waals surface area contributed by atoms with Crippen molar-refractivity contribution in [3.63, 3.8) is 0 Å². The maximum atomic E-state index is 5.24. The van der Waals surface area contributed by atoms with Gasteiger partial charge in [-0.1, -0.05) is 13.8 Å². The Hall–Kier alpha value is -3.40. The topological polar surface area (TPSA) is 57.4 Å². The van der Waals surface area contributed by atoms with Crippen LogP contribution in [0.2, 0.25) is 0 Å². The smallest absolute Gasteiger partial charge is 0.0726 e. The first-order chi connectivity index (χ1) is 16.8. The third-order valence-electron chi connectivity index (χ3n) is 8.55. The minimum absolute atomic E-state index is 0.971. The lowest BCUT2D eigenvalue weighted by Gasteiger charge is -2.01. The van der Waals surface area contributed by atoms with Crippen LogP contribution < -0.4 is 0 Å². The molecular weight excluding hydrogens is 428 g/mol. The van der Waals surface area contributed by atoms with Crippen LogP contribution in [0, 0.1) is 20.8 Å². The summed E-state index contributed by atoms with van der Waals surface area (Å²) in [4.78, 5) is 17.9. The standard InChI is InChI=1S/C31H34N4/c1-8-20-17(5)26-12-24-15(3)16(4)25(32-24)13-29-21(9-2)19(7)30(35-29)23-11-10-22-18(6)27(34-31(22)23)14-28(20)33-26/h12-14,32-33H,8-11H2,1-7H3. The van der Waals surface area contributed by atoms with Gasteiger partial charge in [0.25, 0.3) is 0 Å². The van der Waals surface area contributed by atoms with E-state index in [4.69, 9.17) is 9.97 Å². The van der Waals surface area contributed by atoms with E-state index in [0.717, 1.165) is 59.5 Å². The minimum Gasteiger partial charge on any atom is -0.355 e. The number of aromatic amines is 2. The lowest BCUT2D eigenvalue weighted by Crippen LogP contribution is -1.90. The first-order valence-electron chi connectivity index (χ1n) is 13.0. The number of nitrogens with one attached hydrogen (secondary N) is 2. The molecule has 0 saturated carbocycles. The summed E-state index contributed by atoms with van der Waals surface area (Å²) in [5, 5.41) is 0. The van der Waals surface area contributed by atoms with Crippen LogP contribution in [0.1, 0.15) is 91.1 Å². The van der Waals surface area contributed by atoms with Crippen LogP contribution in [0.25, 0.3) is 44.4 Å². The van der Waals surface area contributed by atoms with Gasteiger partial charge in [-0.3, -0.25) is 0 Å². The number of hydrogen-bond acceptors (Lipinski definition) is 2. The van der Waals surface area contributed by atoms with Crippen molar-refractivity contribution < 1.29 is 0 Å². The van der Waals surface area contributed by atoms with E-state index >= 15 is 0 Å². The molecule has 5 heterocycles. The molecule has 0 radical (unpaired) electrons. The van der Waals surface area contributed by atoms with Crippen LogP contribution in [0.3, 0.4) is 0 Å². The fourth-order valence-corrected chi connectivity index (χ4v) is 6.21. The van der Waals surface area contributed by atoms with Crippen LogP contribution in [-0.2, 0) is 12.8 Å². The molecule has 3 aromatic heterocycles. The molecule has 8 bridgehead atoms. The number of nitrogens with zero attached hydrogens (tertiary/aromatic N) is 2. The lowest BCUT2D eigenvalue weighted by atomic mass is 10.0. The highest BCUT2D eigenvalue weighted by Gasteiger charge is 2.29. The Labute approximate surface area is 207 Å². The van der Waals surface area contributed by atoms with Crippen LogP contribution >= 0.6 is 0 Å². The third kappa shape index (κ3) is 3.12. The molecule has 0 spiro atoms. The van der Waals surface area contributed by atoms with Crippen molar-refractivity contribution in [1.29, 1.82) is 0 Å². The van der Waals surface area contributed by atoms with Crippen molar-refractivity contribution in [2.45, 2.75) is 74.1 Å². The third-order valence-corrected chi connectivity index (χ3v) is 8.55. The summed E-state index contributed by atoms with van der Waals surface area (Å²) in [5.41, 5.74) is 21.0. The van der Waals surface area contributed by atoms with Gasteiger partial charge in [0.05, 0.1) is 22.8 Å². The molecule has 0 unspecified atom stereocenters. The molecule has 4 nitrogen and oxygen atoms in total. The SMILES string of the molecule is CCC1=C(C)c2nc1cc1[nH]c(cc3[nH]c(cc4nc5c2CCC5=C4C)c(CC)c3C)c(C)c1C. The minimum atomic E-state index is 0.971. The summed E-state index contributed by atoms with van der Waals surface area (Å²) in [6, 6.07) is 6.79. The van der Waals surface area contributed by atoms with Gasteiger partial charge in [-0.15, -0.1) is 0 Å². The molecule has 4 heteroatoms. The number of aromatic nitrogens is 4. The Morgan fingerprint density at radius 2 is 1.29 bits per heavy atom. The molecule has 6 rings (SSSR count). The second kappa shape index (κ2) is 7.81. The molecule has 2 aliphatic heterocycles. The molecule has 0 saturated heterocycles. The van der Waals surface area contributed by atoms with E-state index in [1.807, 2.05) is 0 Å². The average Bonchev–Trinajstić information content (AvgIpc) is 3.59. The molecule has 2 N–H and O–H groups in total. The highest BCUT2D eigenvalue weighted by Crippen LogP contribution is 2.44. The van der Waals surface area contributed by atoms with Gasteiger partial charge in [-0.25, -0.2) is 9.97 Å². The monoisotopic (exact) mass is 462 g/mol. The molecule has 0 fully saturated rings. The molecule has 178 valence electrons. The van der Waals surface area contributed by atoms with E-state index in [0.29, 0.717) is 0 Å². The number of rotatable bonds is 2. The molecule has 0 amide bonds. The normalized spacial score (nSPS) is 15.1. The first kappa shape index (κ1) is 22.1. The van der Waals surface area contributed by atoms with Crippen LogP contribution in [0.15, 0.2) is 18.2 Å². The average molecular weight is 463 g/mol. The van der Waals surface area contributed by atoms with E-state index in [1.54, 1.807) is 0 Å². The van der Waals surface area contributed by atoms with Gasteiger partial charge >= 0.3 is 0 Å². The largest absolute Gasteiger partial charge is 0.355 e. The zero-order chi connectivity index (χ0) is 24.6. The van der Waals surface area contributed by atoms with Crippen LogP contribution in [0.5, 0.6) is 0 Å². The van der Waals surface area contributed by atoms with Crippen molar-refractivity contribution >= 4 is 44.4 Å². The van der Waals surface area contributed by atoms with Gasteiger partial charge in [-0.05, 0) is 123 Å². The van der Waals surface area contributed by atoms with Crippen molar-refractivity contribution in [3.05, 3.63) is 68.8 Å². The number of aryl methyl sites for hydroxylation is 4. The van der Waals surface area contributed by atoms with Crippen molar-refractivity contribution in [2.75, 3.05) is 0 Å². The fraction of sp³-hybridized carbons (Fsp3) is 0.355. The molecule has 1 aliphatic carbocycles. The lowest BCUT2D eigenvalue weighted by molar-refractivity contribution is 1.05. The summed E-state index contributed by atoms with van der Waals surface area (Å²) in [7, 11) is 0. The number of hydrogen-bond donors (Lipinski definition) is 2. The van der Waals surface area contributed by atoms with Crippen LogP contribution in [0.4, 0.5) is 0 Å². The second-order valence-corrected chi connectivity index (χ2v) is 10.3. The van der Waals surface area contributed by atoms with E-state index in [1.165, 1.54) is 61.1 Å². The Balaban J connectivity index is 1.83. The van der Waals surface area contributed by atoms with Gasteiger partial charge in [0, 0.05) is 27.6 Å². The molecule has 0 aromatic carbocycles. The molecule has 3 aromatic rings. The fourth-order valence-electron chi connectivity index (χ4n) is 6.21. The van der Waals surface area contributed by atoms with E-state index < -0.39 is 0 Å². The number of H-pyrrole nitrogens is 2. The molecule has 3 aliphatic rings. The van der Waals surface area contributed by atoms with Crippen molar-refractivity contribution in [2.24, 2.45) is 0 Å². The molecule has 35 heavy (non-hydrogen) atoms. The summed E-state index contributed by atoms with van der Waals surface area (Å²) < 4.78 is 0. The summed E-state index contributed by atoms with van der Waals surface area (Å²) in [5.74, 6) is 0. The van der Waals surface area contributed by atoms with E-state index in [-0.39, 0.29) is 0 Å². The van der Waals surface area contributed by atoms with Crippen molar-refractivity contribution in [3.8, 4) is 0 Å². The van der Waals surface area contributed by atoms with Gasteiger partial charge in [0.15, 0.2) is 0 Å². The Kier molecular flexibility index (Phi) is 4.93. The zero-order valence-electron chi connectivity index (χ0n) is 22.0. The summed E-state index contributed by atoms with van der Waals surface area (Å²) >= 11 is 0. The molecule has 0 atom stereocenters. The zero-order valence-corrected chi connectivity index (χ0v) is 22.0. The van der Waals surface area contributed by atoms with Gasteiger partial charge in [0.2, 0.25) is 0 Å². The second-order valence-electron chi connectivity index (χ2n) is 10.3. The Morgan fingerprint density at radius 1 is 0.657 bits per heavy atom. The highest BCUT2D eigenvalue weighted by molar-refractivity contribution is 5.98. The van der Waals surface area contributed by atoms with Gasteiger partial charge in [0.1, 0.15) is 0 Å². The van der Waals surface area contributed by atoms with Crippen molar-refractivity contribution in [1.82, 2.24) is 19.9 Å². The van der Waals surface area contributed by atoms with Crippen LogP contribution in [-0.4, -0.2) is 19.9 Å². The Bertz CT molecular complexity index is 1650. The predicted octanol–water partition coefficient (Wildman–Crippen LogP) is 8.02. The molecular formula is C31H34N4. The van der Waals surface area contributed by atoms with E-state index in [9.17, 15) is 0 Å². The summed E-state index contributed by atoms with van der Waals surface area (Å²) in [6.07, 6.45) is 4.02.